The Morgan fingerprint density at radius 2 is 1.46 bits per heavy atom. The fourth-order valence-electron chi connectivity index (χ4n) is 5.05. The quantitative estimate of drug-likeness (QED) is 0.0452. The average molecular weight is 669 g/mol. The van der Waals surface area contributed by atoms with Crippen LogP contribution in [0.25, 0.3) is 10.8 Å². The van der Waals surface area contributed by atoms with Crippen molar-refractivity contribution in [3.05, 3.63) is 48.0 Å². The Morgan fingerprint density at radius 1 is 0.812 bits per heavy atom. The van der Waals surface area contributed by atoms with Crippen molar-refractivity contribution < 1.29 is 33.9 Å². The number of Topliss-reactive ketones (excluding diaryl/α,β-unsaturated/α-hetero) is 1. The number of ketones is 1. The third kappa shape index (κ3) is 12.5. The van der Waals surface area contributed by atoms with Gasteiger partial charge in [0.25, 0.3) is 5.91 Å². The lowest BCUT2D eigenvalue weighted by atomic mass is 9.93. The first kappa shape index (κ1) is 39.0. The Morgan fingerprint density at radius 3 is 2.04 bits per heavy atom. The van der Waals surface area contributed by atoms with Gasteiger partial charge >= 0.3 is 6.09 Å². The highest BCUT2D eigenvalue weighted by atomic mass is 16.4. The first-order valence-electron chi connectivity index (χ1n) is 15.9. The van der Waals surface area contributed by atoms with E-state index in [1.165, 1.54) is 0 Å². The van der Waals surface area contributed by atoms with E-state index in [1.807, 2.05) is 42.5 Å². The van der Waals surface area contributed by atoms with Crippen LogP contribution in [-0.2, 0) is 30.4 Å². The summed E-state index contributed by atoms with van der Waals surface area (Å²) in [6, 6.07) is 8.31. The molecule has 0 aliphatic rings. The predicted molar refractivity (Wildman–Crippen MR) is 181 cm³/mol. The van der Waals surface area contributed by atoms with Gasteiger partial charge in [-0.25, -0.2) is 4.79 Å². The van der Waals surface area contributed by atoms with Gasteiger partial charge in [0.15, 0.2) is 5.96 Å². The Bertz CT molecular complexity index is 1490. The molecule has 0 aliphatic carbocycles. The number of aliphatic imine (C=N–C) groups is 1. The van der Waals surface area contributed by atoms with Crippen LogP contribution in [0.1, 0.15) is 58.9 Å². The summed E-state index contributed by atoms with van der Waals surface area (Å²) >= 11 is 0. The van der Waals surface area contributed by atoms with Crippen LogP contribution in [0, 0.1) is 11.8 Å². The van der Waals surface area contributed by atoms with Gasteiger partial charge in [-0.15, -0.1) is 0 Å². The van der Waals surface area contributed by atoms with Crippen molar-refractivity contribution in [1.82, 2.24) is 21.3 Å². The normalized spacial score (nSPS) is 14.1. The van der Waals surface area contributed by atoms with Crippen LogP contribution in [0.5, 0.6) is 0 Å². The number of carboxylic acid groups (broad SMARTS) is 1. The Labute approximate surface area is 279 Å². The predicted octanol–water partition coefficient (Wildman–Crippen LogP) is 0.673. The summed E-state index contributed by atoms with van der Waals surface area (Å²) in [5.41, 5.74) is 17.2. The minimum atomic E-state index is -1.41. The molecule has 0 aromatic heterocycles. The molecular formula is C33H48N8O7. The number of guanidine groups is 1. The van der Waals surface area contributed by atoms with E-state index in [4.69, 9.17) is 17.2 Å². The number of primary amides is 1. The number of nitrogens with zero attached hydrogens (tertiary/aromatic N) is 1. The number of amides is 5. The van der Waals surface area contributed by atoms with Crippen LogP contribution < -0.4 is 38.5 Å². The summed E-state index contributed by atoms with van der Waals surface area (Å²) < 4.78 is 0. The molecule has 15 nitrogen and oxygen atoms in total. The van der Waals surface area contributed by atoms with Gasteiger partial charge in [-0.1, -0.05) is 76.6 Å². The van der Waals surface area contributed by atoms with Gasteiger partial charge in [-0.3, -0.25) is 29.0 Å². The van der Waals surface area contributed by atoms with Crippen LogP contribution >= 0.6 is 0 Å². The van der Waals surface area contributed by atoms with Gasteiger partial charge < -0.3 is 43.6 Å². The Kier molecular flexibility index (Phi) is 15.3. The van der Waals surface area contributed by atoms with Gasteiger partial charge in [0.2, 0.25) is 23.5 Å². The zero-order valence-electron chi connectivity index (χ0n) is 27.8. The zero-order chi connectivity index (χ0) is 36.0. The highest BCUT2D eigenvalue weighted by molar-refractivity contribution is 6.39. The molecule has 2 rings (SSSR count). The molecule has 0 heterocycles. The van der Waals surface area contributed by atoms with Gasteiger partial charge in [-0.05, 0) is 47.4 Å². The molecule has 2 aromatic carbocycles. The summed E-state index contributed by atoms with van der Waals surface area (Å²) in [5.74, 6) is -5.26. The second-order valence-corrected chi connectivity index (χ2v) is 12.2. The number of benzene rings is 2. The van der Waals surface area contributed by atoms with E-state index in [1.54, 1.807) is 27.7 Å². The molecule has 0 aliphatic heterocycles. The molecule has 11 N–H and O–H groups in total. The lowest BCUT2D eigenvalue weighted by molar-refractivity contribution is -0.142. The first-order chi connectivity index (χ1) is 22.6. The van der Waals surface area contributed by atoms with E-state index in [2.05, 4.69) is 26.3 Å². The number of rotatable bonds is 19. The summed E-state index contributed by atoms with van der Waals surface area (Å²) in [6.07, 6.45) is -0.581. The van der Waals surface area contributed by atoms with Crippen LogP contribution in [0.2, 0.25) is 0 Å². The maximum Gasteiger partial charge on any atom is 0.405 e. The molecule has 15 heteroatoms. The minimum Gasteiger partial charge on any atom is -0.465 e. The molecule has 48 heavy (non-hydrogen) atoms. The summed E-state index contributed by atoms with van der Waals surface area (Å²) in [5, 5.41) is 20.9. The fraction of sp³-hybridized carbons (Fsp3) is 0.485. The van der Waals surface area contributed by atoms with Crippen molar-refractivity contribution in [1.29, 1.82) is 0 Å². The van der Waals surface area contributed by atoms with E-state index in [0.717, 1.165) is 16.3 Å². The first-order valence-corrected chi connectivity index (χ1v) is 15.9. The van der Waals surface area contributed by atoms with Gasteiger partial charge in [-0.2, -0.15) is 0 Å². The lowest BCUT2D eigenvalue weighted by Gasteiger charge is -2.27. The van der Waals surface area contributed by atoms with Gasteiger partial charge in [0.05, 0.1) is 6.04 Å². The van der Waals surface area contributed by atoms with E-state index >= 15 is 0 Å². The van der Waals surface area contributed by atoms with Crippen LogP contribution in [0.4, 0.5) is 4.79 Å². The van der Waals surface area contributed by atoms with Crippen molar-refractivity contribution in [2.45, 2.75) is 84.0 Å². The highest BCUT2D eigenvalue weighted by Gasteiger charge is 2.35. The Hall–Kier alpha value is -5.21. The molecule has 0 saturated heterocycles. The van der Waals surface area contributed by atoms with Crippen LogP contribution in [0.3, 0.4) is 0 Å². The molecule has 0 radical (unpaired) electrons. The number of hydrogen-bond acceptors (Lipinski definition) is 7. The van der Waals surface area contributed by atoms with Crippen LogP contribution in [-0.4, -0.2) is 77.3 Å². The molecule has 0 bridgehead atoms. The standard InChI is InChI=1S/C33H48N8O7/c1-5-19(4)26(41-30(45)25(15-18(2)3)40-33(47)48)27(42)31(46)38-23(11-8-14-37-32(35)36)29(44)39-24(28(34)43)17-20-12-13-21-9-6-7-10-22(21)16-20/h6-7,9-10,12-13,16,18-19,23-26,40H,5,8,11,14-15,17H2,1-4H3,(H2,34,43)(H,38,46)(H,39,44)(H,41,45)(H,47,48)(H4,35,36,37). The van der Waals surface area contributed by atoms with E-state index in [-0.39, 0.29) is 44.1 Å². The number of nitrogens with two attached hydrogens (primary N) is 3. The largest absolute Gasteiger partial charge is 0.465 e. The van der Waals surface area contributed by atoms with Crippen molar-refractivity contribution in [2.75, 3.05) is 6.54 Å². The van der Waals surface area contributed by atoms with Gasteiger partial charge in [0.1, 0.15) is 18.1 Å². The molecule has 262 valence electrons. The molecule has 0 spiro atoms. The number of fused-ring (bicyclic) bond motifs is 1. The average Bonchev–Trinajstić information content (AvgIpc) is 3.02. The smallest absolute Gasteiger partial charge is 0.405 e. The van der Waals surface area contributed by atoms with E-state index in [0.29, 0.717) is 6.42 Å². The molecule has 0 fully saturated rings. The second-order valence-electron chi connectivity index (χ2n) is 12.2. The monoisotopic (exact) mass is 668 g/mol. The van der Waals surface area contributed by atoms with Crippen molar-refractivity contribution in [3.63, 3.8) is 0 Å². The molecular weight excluding hydrogens is 620 g/mol. The summed E-state index contributed by atoms with van der Waals surface area (Å²) in [6.45, 7) is 7.14. The minimum absolute atomic E-state index is 0.0115. The third-order valence-corrected chi connectivity index (χ3v) is 7.82. The van der Waals surface area contributed by atoms with Crippen molar-refractivity contribution >= 4 is 52.2 Å². The number of carbonyl (C=O) groups is 6. The topological polar surface area (TPSA) is 261 Å². The summed E-state index contributed by atoms with van der Waals surface area (Å²) in [7, 11) is 0. The van der Waals surface area contributed by atoms with Crippen LogP contribution in [0.15, 0.2) is 47.5 Å². The maximum absolute atomic E-state index is 13.5. The highest BCUT2D eigenvalue weighted by Crippen LogP contribution is 2.17. The maximum atomic E-state index is 13.5. The fourth-order valence-corrected chi connectivity index (χ4v) is 5.05. The molecule has 2 aromatic rings. The van der Waals surface area contributed by atoms with Crippen molar-refractivity contribution in [2.24, 2.45) is 34.0 Å². The number of nitrogens with one attached hydrogen (secondary N) is 4. The lowest BCUT2D eigenvalue weighted by Crippen LogP contribution is -2.58. The Balaban J connectivity index is 2.27. The molecule has 5 atom stereocenters. The third-order valence-electron chi connectivity index (χ3n) is 7.82. The number of carbonyl (C=O) groups excluding carboxylic acids is 5. The number of hydrogen-bond donors (Lipinski definition) is 8. The molecule has 0 saturated carbocycles. The van der Waals surface area contributed by atoms with Crippen molar-refractivity contribution in [3.8, 4) is 0 Å². The van der Waals surface area contributed by atoms with E-state index < -0.39 is 65.6 Å². The van der Waals surface area contributed by atoms with Gasteiger partial charge in [0, 0.05) is 13.0 Å². The SMILES string of the molecule is CCC(C)C(NC(=O)C(CC(C)C)NC(=O)O)C(=O)C(=O)NC(CCCN=C(N)N)C(=O)NC(Cc1ccc2ccccc2c1)C(N)=O. The van der Waals surface area contributed by atoms with E-state index in [9.17, 15) is 33.9 Å². The molecule has 5 amide bonds. The zero-order valence-corrected chi connectivity index (χ0v) is 27.8. The summed E-state index contributed by atoms with van der Waals surface area (Å²) in [4.78, 5) is 81.0. The second kappa shape index (κ2) is 18.8. The molecule has 5 unspecified atom stereocenters.